The number of nitrogens with zero attached hydrogens (tertiary/aromatic N) is 2. The summed E-state index contributed by atoms with van der Waals surface area (Å²) in [4.78, 5) is 5.15. The number of benzene rings is 1. The fourth-order valence-electron chi connectivity index (χ4n) is 4.18. The zero-order valence-corrected chi connectivity index (χ0v) is 15.4. The first-order chi connectivity index (χ1) is 12.0. The van der Waals surface area contributed by atoms with Gasteiger partial charge in [0.25, 0.3) is 0 Å². The first kappa shape index (κ1) is 16.8. The highest BCUT2D eigenvalue weighted by Crippen LogP contribution is 2.32. The van der Waals surface area contributed by atoms with Crippen LogP contribution in [0.2, 0.25) is 0 Å². The standard InChI is InChI=1S/C19H25N3O2S/c1-25(23,24)17-5-2-15(3-6-17)18-13-22-12-16(4-7-19(22)21-18)14-8-10-20-11-9-14/h2-3,5-6,13-14,16,20H,4,7-12H2,1H3. The molecule has 1 fully saturated rings. The number of aromatic nitrogens is 2. The molecule has 0 saturated carbocycles. The molecular weight excluding hydrogens is 334 g/mol. The molecule has 0 spiro atoms. The summed E-state index contributed by atoms with van der Waals surface area (Å²) in [6, 6.07) is 7.05. The van der Waals surface area contributed by atoms with Crippen molar-refractivity contribution in [2.24, 2.45) is 11.8 Å². The van der Waals surface area contributed by atoms with Gasteiger partial charge in [-0.05, 0) is 56.3 Å². The molecular formula is C19H25N3O2S. The number of hydrogen-bond acceptors (Lipinski definition) is 4. The summed E-state index contributed by atoms with van der Waals surface area (Å²) in [6.07, 6.45) is 8.21. The SMILES string of the molecule is CS(=O)(=O)c1ccc(-c2cn3c(n2)CCC(C2CCNCC2)C3)cc1. The maximum absolute atomic E-state index is 11.6. The summed E-state index contributed by atoms with van der Waals surface area (Å²) in [7, 11) is -3.15. The van der Waals surface area contributed by atoms with E-state index in [4.69, 9.17) is 4.98 Å². The van der Waals surface area contributed by atoms with Crippen LogP contribution in [0.1, 0.15) is 25.1 Å². The van der Waals surface area contributed by atoms with E-state index >= 15 is 0 Å². The molecule has 3 heterocycles. The van der Waals surface area contributed by atoms with Crippen LogP contribution < -0.4 is 5.32 Å². The van der Waals surface area contributed by atoms with Crippen molar-refractivity contribution >= 4 is 9.84 Å². The van der Waals surface area contributed by atoms with E-state index < -0.39 is 9.84 Å². The summed E-state index contributed by atoms with van der Waals surface area (Å²) < 4.78 is 25.5. The van der Waals surface area contributed by atoms with E-state index in [-0.39, 0.29) is 0 Å². The predicted molar refractivity (Wildman–Crippen MR) is 98.2 cm³/mol. The summed E-state index contributed by atoms with van der Waals surface area (Å²) in [6.45, 7) is 3.36. The molecule has 134 valence electrons. The van der Waals surface area contributed by atoms with Crippen LogP contribution in [0.5, 0.6) is 0 Å². The fourth-order valence-corrected chi connectivity index (χ4v) is 4.81. The second kappa shape index (κ2) is 6.57. The Kier molecular flexibility index (Phi) is 4.41. The molecule has 1 saturated heterocycles. The number of nitrogens with one attached hydrogen (secondary N) is 1. The predicted octanol–water partition coefficient (Wildman–Crippen LogP) is 2.52. The topological polar surface area (TPSA) is 64.0 Å². The minimum atomic E-state index is -3.15. The summed E-state index contributed by atoms with van der Waals surface area (Å²) in [5, 5.41) is 3.45. The second-order valence-electron chi connectivity index (χ2n) is 7.38. The number of hydrogen-bond donors (Lipinski definition) is 1. The largest absolute Gasteiger partial charge is 0.334 e. The van der Waals surface area contributed by atoms with E-state index in [9.17, 15) is 8.42 Å². The first-order valence-corrected chi connectivity index (χ1v) is 11.0. The summed E-state index contributed by atoms with van der Waals surface area (Å²) >= 11 is 0. The lowest BCUT2D eigenvalue weighted by molar-refractivity contribution is 0.205. The Morgan fingerprint density at radius 2 is 1.80 bits per heavy atom. The maximum atomic E-state index is 11.6. The number of fused-ring (bicyclic) bond motifs is 1. The van der Waals surface area contributed by atoms with Crippen LogP contribution in [-0.2, 0) is 22.8 Å². The van der Waals surface area contributed by atoms with Crippen molar-refractivity contribution in [3.05, 3.63) is 36.3 Å². The van der Waals surface area contributed by atoms with Gasteiger partial charge in [-0.3, -0.25) is 0 Å². The summed E-state index contributed by atoms with van der Waals surface area (Å²) in [5.74, 6) is 2.74. The molecule has 25 heavy (non-hydrogen) atoms. The van der Waals surface area contributed by atoms with E-state index in [0.29, 0.717) is 4.90 Å². The van der Waals surface area contributed by atoms with E-state index in [2.05, 4.69) is 16.1 Å². The number of rotatable bonds is 3. The van der Waals surface area contributed by atoms with E-state index in [1.807, 2.05) is 12.1 Å². The molecule has 1 atom stereocenters. The van der Waals surface area contributed by atoms with Gasteiger partial charge in [-0.25, -0.2) is 13.4 Å². The monoisotopic (exact) mass is 359 g/mol. The third kappa shape index (κ3) is 3.51. The molecule has 6 heteroatoms. The lowest BCUT2D eigenvalue weighted by Crippen LogP contribution is -2.35. The highest BCUT2D eigenvalue weighted by molar-refractivity contribution is 7.90. The van der Waals surface area contributed by atoms with Gasteiger partial charge in [-0.1, -0.05) is 12.1 Å². The zero-order valence-electron chi connectivity index (χ0n) is 14.6. The van der Waals surface area contributed by atoms with Gasteiger partial charge in [0.15, 0.2) is 9.84 Å². The maximum Gasteiger partial charge on any atom is 0.175 e. The Morgan fingerprint density at radius 1 is 1.08 bits per heavy atom. The number of piperidine rings is 1. The average molecular weight is 359 g/mol. The van der Waals surface area contributed by atoms with Gasteiger partial charge in [0.05, 0.1) is 10.6 Å². The average Bonchev–Trinajstić information content (AvgIpc) is 3.05. The van der Waals surface area contributed by atoms with Crippen molar-refractivity contribution in [1.29, 1.82) is 0 Å². The molecule has 0 radical (unpaired) electrons. The molecule has 0 bridgehead atoms. The van der Waals surface area contributed by atoms with Gasteiger partial charge < -0.3 is 9.88 Å². The van der Waals surface area contributed by atoms with Crippen LogP contribution >= 0.6 is 0 Å². The molecule has 5 nitrogen and oxygen atoms in total. The molecule has 0 aliphatic carbocycles. The van der Waals surface area contributed by atoms with Crippen LogP contribution in [-0.4, -0.2) is 37.3 Å². The Labute approximate surface area is 149 Å². The van der Waals surface area contributed by atoms with Crippen molar-refractivity contribution in [1.82, 2.24) is 14.9 Å². The number of aryl methyl sites for hydroxylation is 1. The van der Waals surface area contributed by atoms with Gasteiger partial charge in [0.1, 0.15) is 5.82 Å². The Balaban J connectivity index is 1.54. The van der Waals surface area contributed by atoms with Crippen molar-refractivity contribution in [3.8, 4) is 11.3 Å². The van der Waals surface area contributed by atoms with E-state index in [1.165, 1.54) is 25.5 Å². The second-order valence-corrected chi connectivity index (χ2v) is 9.39. The third-order valence-corrected chi connectivity index (χ3v) is 6.79. The lowest BCUT2D eigenvalue weighted by atomic mass is 9.81. The normalized spacial score (nSPS) is 21.9. The Morgan fingerprint density at radius 3 is 2.48 bits per heavy atom. The highest BCUT2D eigenvalue weighted by atomic mass is 32.2. The molecule has 2 aliphatic rings. The van der Waals surface area contributed by atoms with Gasteiger partial charge in [-0.15, -0.1) is 0 Å². The van der Waals surface area contributed by atoms with Gasteiger partial charge in [-0.2, -0.15) is 0 Å². The molecule has 1 N–H and O–H groups in total. The van der Waals surface area contributed by atoms with Crippen LogP contribution in [0, 0.1) is 11.8 Å². The first-order valence-electron chi connectivity index (χ1n) is 9.08. The van der Waals surface area contributed by atoms with Crippen LogP contribution in [0.25, 0.3) is 11.3 Å². The molecule has 1 aromatic heterocycles. The van der Waals surface area contributed by atoms with Crippen molar-refractivity contribution in [2.45, 2.75) is 37.1 Å². The Bertz CT molecular complexity index is 849. The molecule has 1 unspecified atom stereocenters. The zero-order chi connectivity index (χ0) is 17.4. The fraction of sp³-hybridized carbons (Fsp3) is 0.526. The van der Waals surface area contributed by atoms with E-state index in [0.717, 1.165) is 55.0 Å². The number of sulfone groups is 1. The minimum Gasteiger partial charge on any atom is -0.334 e. The van der Waals surface area contributed by atoms with Crippen molar-refractivity contribution < 1.29 is 8.42 Å². The van der Waals surface area contributed by atoms with Gasteiger partial charge in [0, 0.05) is 31.0 Å². The summed E-state index contributed by atoms with van der Waals surface area (Å²) in [5.41, 5.74) is 1.92. The van der Waals surface area contributed by atoms with Crippen molar-refractivity contribution in [2.75, 3.05) is 19.3 Å². The number of imidazole rings is 1. The smallest absolute Gasteiger partial charge is 0.175 e. The highest BCUT2D eigenvalue weighted by Gasteiger charge is 2.28. The van der Waals surface area contributed by atoms with Crippen LogP contribution in [0.15, 0.2) is 35.4 Å². The molecule has 1 aromatic carbocycles. The van der Waals surface area contributed by atoms with E-state index in [1.54, 1.807) is 12.1 Å². The Hall–Kier alpha value is -1.66. The minimum absolute atomic E-state index is 0.353. The lowest BCUT2D eigenvalue weighted by Gasteiger charge is -2.33. The van der Waals surface area contributed by atoms with Gasteiger partial charge >= 0.3 is 0 Å². The van der Waals surface area contributed by atoms with Gasteiger partial charge in [0.2, 0.25) is 0 Å². The molecule has 2 aromatic rings. The molecule has 2 aliphatic heterocycles. The van der Waals surface area contributed by atoms with Crippen LogP contribution in [0.3, 0.4) is 0 Å². The quantitative estimate of drug-likeness (QED) is 0.915. The van der Waals surface area contributed by atoms with Crippen molar-refractivity contribution in [3.63, 3.8) is 0 Å². The van der Waals surface area contributed by atoms with Crippen LogP contribution in [0.4, 0.5) is 0 Å². The molecule has 0 amide bonds. The molecule has 4 rings (SSSR count). The third-order valence-electron chi connectivity index (χ3n) is 5.66.